The molecule has 0 saturated heterocycles. The number of aryl methyl sites for hydroxylation is 1. The summed E-state index contributed by atoms with van der Waals surface area (Å²) in [5, 5.41) is 0.321. The van der Waals surface area contributed by atoms with Crippen LogP contribution in [-0.2, 0) is 30.7 Å². The van der Waals surface area contributed by atoms with E-state index in [2.05, 4.69) is 0 Å². The lowest BCUT2D eigenvalue weighted by Gasteiger charge is -2.32. The molecule has 1 unspecified atom stereocenters. The van der Waals surface area contributed by atoms with Crippen molar-refractivity contribution in [3.8, 4) is 0 Å². The Balaban J connectivity index is 2.07. The lowest BCUT2D eigenvalue weighted by molar-refractivity contribution is 0.315. The first kappa shape index (κ1) is 27.1. The molecule has 0 radical (unpaired) electrons. The van der Waals surface area contributed by atoms with Gasteiger partial charge in [0.1, 0.15) is 11.6 Å². The molecule has 3 rings (SSSR count). The molecule has 0 aliphatic rings. The third-order valence-corrected chi connectivity index (χ3v) is 8.01. The van der Waals surface area contributed by atoms with Gasteiger partial charge in [-0.25, -0.2) is 17.2 Å². The van der Waals surface area contributed by atoms with Crippen LogP contribution in [0.15, 0.2) is 71.6 Å². The van der Waals surface area contributed by atoms with Crippen molar-refractivity contribution >= 4 is 37.4 Å². The van der Waals surface area contributed by atoms with E-state index in [9.17, 15) is 25.6 Å². The Hall–Kier alpha value is -2.53. The second-order valence-electron chi connectivity index (χ2n) is 7.85. The molecule has 1 atom stereocenters. The van der Waals surface area contributed by atoms with Gasteiger partial charge in [-0.1, -0.05) is 35.9 Å². The third kappa shape index (κ3) is 6.78. The van der Waals surface area contributed by atoms with Crippen molar-refractivity contribution in [2.24, 2.45) is 0 Å². The first-order valence-electron chi connectivity index (χ1n) is 10.6. The molecule has 0 heterocycles. The van der Waals surface area contributed by atoms with E-state index in [1.165, 1.54) is 24.3 Å². The highest BCUT2D eigenvalue weighted by Gasteiger charge is 2.33. The second kappa shape index (κ2) is 11.0. The third-order valence-electron chi connectivity index (χ3n) is 5.26. The van der Waals surface area contributed by atoms with Gasteiger partial charge in [0.25, 0.3) is 20.1 Å². The van der Waals surface area contributed by atoms with E-state index in [0.29, 0.717) is 29.0 Å². The quantitative estimate of drug-likeness (QED) is 0.250. The predicted octanol–water partition coefficient (Wildman–Crippen LogP) is 5.48. The molecule has 3 aromatic carbocycles. The van der Waals surface area contributed by atoms with E-state index in [4.69, 9.17) is 15.8 Å². The molecule has 0 amide bonds. The lowest BCUT2D eigenvalue weighted by atomic mass is 9.97. The summed E-state index contributed by atoms with van der Waals surface area (Å²) in [5.41, 5.74) is 0.820. The number of hydrogen-bond acceptors (Lipinski definition) is 5. The molecule has 35 heavy (non-hydrogen) atoms. The van der Waals surface area contributed by atoms with E-state index < -0.39 is 43.5 Å². The molecule has 0 spiro atoms. The Bertz CT molecular complexity index is 1400. The van der Waals surface area contributed by atoms with Crippen LogP contribution in [0.3, 0.4) is 0 Å². The zero-order chi connectivity index (χ0) is 25.8. The molecular formula is C24H24ClF2NO5S2. The fourth-order valence-corrected chi connectivity index (χ4v) is 5.87. The summed E-state index contributed by atoms with van der Waals surface area (Å²) in [5.74, 6) is -1.70. The van der Waals surface area contributed by atoms with Crippen molar-refractivity contribution in [1.29, 1.82) is 0 Å². The summed E-state index contributed by atoms with van der Waals surface area (Å²) in [6.07, 6.45) is 1.67. The molecular weight excluding hydrogens is 520 g/mol. The Morgan fingerprint density at radius 2 is 1.63 bits per heavy atom. The molecule has 188 valence electrons. The van der Waals surface area contributed by atoms with Crippen LogP contribution in [0.2, 0.25) is 5.02 Å². The van der Waals surface area contributed by atoms with Crippen LogP contribution in [0, 0.1) is 11.6 Å². The largest absolute Gasteiger partial charge is 0.270 e. The van der Waals surface area contributed by atoms with E-state index >= 15 is 0 Å². The summed E-state index contributed by atoms with van der Waals surface area (Å²) in [6.45, 7) is 1.52. The van der Waals surface area contributed by atoms with Gasteiger partial charge in [0.05, 0.1) is 29.5 Å². The van der Waals surface area contributed by atoms with Crippen LogP contribution < -0.4 is 4.31 Å². The average Bonchev–Trinajstić information content (AvgIpc) is 2.79. The van der Waals surface area contributed by atoms with Gasteiger partial charge < -0.3 is 0 Å². The predicted molar refractivity (Wildman–Crippen MR) is 131 cm³/mol. The van der Waals surface area contributed by atoms with Gasteiger partial charge in [-0.15, -0.1) is 0 Å². The first-order chi connectivity index (χ1) is 16.4. The van der Waals surface area contributed by atoms with Crippen molar-refractivity contribution in [3.05, 3.63) is 94.5 Å². The second-order valence-corrected chi connectivity index (χ2v) is 11.8. The minimum atomic E-state index is -4.35. The normalized spacial score (nSPS) is 12.9. The van der Waals surface area contributed by atoms with Crippen molar-refractivity contribution in [2.45, 2.75) is 30.7 Å². The van der Waals surface area contributed by atoms with Crippen molar-refractivity contribution in [3.63, 3.8) is 0 Å². The van der Waals surface area contributed by atoms with Crippen LogP contribution in [0.1, 0.15) is 30.5 Å². The number of benzene rings is 3. The first-order valence-corrected chi connectivity index (χ1v) is 14.2. The molecule has 0 saturated carbocycles. The Morgan fingerprint density at radius 3 is 2.29 bits per heavy atom. The molecule has 11 heteroatoms. The Labute approximate surface area is 209 Å². The maximum Gasteiger partial charge on any atom is 0.264 e. The Morgan fingerprint density at radius 1 is 0.971 bits per heavy atom. The average molecular weight is 544 g/mol. The number of sulfonamides is 1. The SMILES string of the molecule is CC(c1ccccc1CCCOS(C)(=O)=O)N(c1cc(F)ccc1F)S(=O)(=O)c1ccc(Cl)cc1. The molecule has 0 aromatic heterocycles. The fraction of sp³-hybridized carbons (Fsp3) is 0.250. The zero-order valence-electron chi connectivity index (χ0n) is 19.0. The molecule has 0 N–H and O–H groups in total. The van der Waals surface area contributed by atoms with Gasteiger partial charge in [-0.3, -0.25) is 8.49 Å². The van der Waals surface area contributed by atoms with Crippen LogP contribution in [0.5, 0.6) is 0 Å². The molecule has 6 nitrogen and oxygen atoms in total. The maximum absolute atomic E-state index is 14.9. The standard InChI is InChI=1S/C24H24ClF2NO5S2/c1-17(22-8-4-3-6-18(22)7-5-15-33-34(2,29)30)28(24-16-20(26)11-14-23(24)27)35(31,32)21-12-9-19(25)10-13-21/h3-4,6,8-14,16-17H,5,7,15H2,1-2H3. The van der Waals surface area contributed by atoms with Gasteiger partial charge >= 0.3 is 0 Å². The van der Waals surface area contributed by atoms with Gasteiger partial charge in [0.2, 0.25) is 0 Å². The van der Waals surface area contributed by atoms with E-state index in [1.54, 1.807) is 31.2 Å². The molecule has 0 fully saturated rings. The van der Waals surface area contributed by atoms with E-state index in [1.807, 2.05) is 0 Å². The van der Waals surface area contributed by atoms with Crippen LogP contribution in [0.25, 0.3) is 0 Å². The van der Waals surface area contributed by atoms with Crippen LogP contribution in [-0.4, -0.2) is 29.7 Å². The lowest BCUT2D eigenvalue weighted by Crippen LogP contribution is -2.35. The smallest absolute Gasteiger partial charge is 0.264 e. The summed E-state index contributed by atoms with van der Waals surface area (Å²) < 4.78 is 84.5. The van der Waals surface area contributed by atoms with Gasteiger partial charge in [-0.2, -0.15) is 8.42 Å². The van der Waals surface area contributed by atoms with Gasteiger partial charge in [0.15, 0.2) is 0 Å². The monoisotopic (exact) mass is 543 g/mol. The highest BCUT2D eigenvalue weighted by molar-refractivity contribution is 7.92. The van der Waals surface area contributed by atoms with Crippen LogP contribution in [0.4, 0.5) is 14.5 Å². The molecule has 0 aliphatic carbocycles. The number of halogens is 3. The van der Waals surface area contributed by atoms with Crippen molar-refractivity contribution in [2.75, 3.05) is 17.2 Å². The summed E-state index contributed by atoms with van der Waals surface area (Å²) >= 11 is 5.91. The number of nitrogens with zero attached hydrogens (tertiary/aromatic N) is 1. The van der Waals surface area contributed by atoms with Gasteiger partial charge in [0, 0.05) is 11.1 Å². The maximum atomic E-state index is 14.9. The summed E-state index contributed by atoms with van der Waals surface area (Å²) in [7, 11) is -7.95. The summed E-state index contributed by atoms with van der Waals surface area (Å²) in [6, 6.07) is 14.0. The highest BCUT2D eigenvalue weighted by atomic mass is 35.5. The topological polar surface area (TPSA) is 80.8 Å². The molecule has 0 bridgehead atoms. The molecule has 3 aromatic rings. The molecule has 0 aliphatic heterocycles. The number of hydrogen-bond donors (Lipinski definition) is 0. The Kier molecular flexibility index (Phi) is 8.53. The zero-order valence-corrected chi connectivity index (χ0v) is 21.4. The number of anilines is 1. The fourth-order valence-electron chi connectivity index (χ4n) is 3.69. The summed E-state index contributed by atoms with van der Waals surface area (Å²) in [4.78, 5) is -0.142. The number of rotatable bonds is 10. The van der Waals surface area contributed by atoms with E-state index in [-0.39, 0.29) is 11.5 Å². The minimum Gasteiger partial charge on any atom is -0.270 e. The van der Waals surface area contributed by atoms with Crippen LogP contribution >= 0.6 is 11.6 Å². The van der Waals surface area contributed by atoms with Gasteiger partial charge in [-0.05, 0) is 67.3 Å². The minimum absolute atomic E-state index is 0.0487. The van der Waals surface area contributed by atoms with Crippen molar-refractivity contribution in [1.82, 2.24) is 0 Å². The highest BCUT2D eigenvalue weighted by Crippen LogP contribution is 2.37. The van der Waals surface area contributed by atoms with E-state index in [0.717, 1.165) is 28.8 Å². The van der Waals surface area contributed by atoms with Crippen molar-refractivity contribution < 1.29 is 29.8 Å².